The van der Waals surface area contributed by atoms with E-state index in [2.05, 4.69) is 29.2 Å². The van der Waals surface area contributed by atoms with E-state index in [1.165, 1.54) is 5.56 Å². The Morgan fingerprint density at radius 2 is 1.69 bits per heavy atom. The second-order valence-electron chi connectivity index (χ2n) is 7.37. The number of nitrogens with zero attached hydrogens (tertiary/aromatic N) is 2. The molecule has 0 unspecified atom stereocenters. The van der Waals surface area contributed by atoms with E-state index >= 15 is 0 Å². The van der Waals surface area contributed by atoms with Crippen molar-refractivity contribution in [2.24, 2.45) is 5.41 Å². The average Bonchev–Trinajstić information content (AvgIpc) is 2.67. The zero-order valence-corrected chi connectivity index (χ0v) is 14.8. The summed E-state index contributed by atoms with van der Waals surface area (Å²) in [6.45, 7) is 2.17. The monoisotopic (exact) mass is 352 g/mol. The maximum absolute atomic E-state index is 13.1. The van der Waals surface area contributed by atoms with Crippen LogP contribution in [0.4, 0.5) is 0 Å². The summed E-state index contributed by atoms with van der Waals surface area (Å²) in [5.74, 6) is 0.171. The van der Waals surface area contributed by atoms with Crippen molar-refractivity contribution in [1.29, 1.82) is 0 Å². The van der Waals surface area contributed by atoms with Crippen LogP contribution in [0.1, 0.15) is 18.4 Å². The molecule has 1 N–H and O–H groups in total. The summed E-state index contributed by atoms with van der Waals surface area (Å²) in [5.41, 5.74) is 3.04. The first-order valence-corrected chi connectivity index (χ1v) is 9.21. The van der Waals surface area contributed by atoms with Crippen molar-refractivity contribution in [3.05, 3.63) is 54.4 Å². The summed E-state index contributed by atoms with van der Waals surface area (Å²) in [5, 5.41) is 9.56. The van der Waals surface area contributed by atoms with Crippen LogP contribution in [0.5, 0.6) is 0 Å². The predicted octanol–water partition coefficient (Wildman–Crippen LogP) is 2.29. The van der Waals surface area contributed by atoms with Gasteiger partial charge in [0.15, 0.2) is 0 Å². The highest BCUT2D eigenvalue weighted by Crippen LogP contribution is 2.38. The molecule has 5 nitrogen and oxygen atoms in total. The number of likely N-dealkylation sites (tertiary alicyclic amines) is 1. The minimum atomic E-state index is -0.406. The van der Waals surface area contributed by atoms with Gasteiger partial charge in [-0.2, -0.15) is 0 Å². The molecule has 3 heterocycles. The van der Waals surface area contributed by atoms with Gasteiger partial charge in [-0.15, -0.1) is 0 Å². The Balaban J connectivity index is 1.53. The van der Waals surface area contributed by atoms with Crippen molar-refractivity contribution in [3.63, 3.8) is 0 Å². The van der Waals surface area contributed by atoms with Crippen LogP contribution in [0.15, 0.2) is 48.8 Å². The molecule has 1 amide bonds. The molecule has 0 aliphatic carbocycles. The number of aromatic nitrogens is 1. The molecule has 136 valence electrons. The Bertz CT molecular complexity index is 749. The second kappa shape index (κ2) is 7.17. The Morgan fingerprint density at radius 1 is 1.08 bits per heavy atom. The zero-order chi connectivity index (χ0) is 18.0. The average molecular weight is 352 g/mol. The molecule has 0 radical (unpaired) electrons. The number of benzene rings is 1. The van der Waals surface area contributed by atoms with Gasteiger partial charge in [-0.1, -0.05) is 24.3 Å². The Morgan fingerprint density at radius 3 is 2.31 bits per heavy atom. The number of aliphatic hydroxyl groups is 1. The predicted molar refractivity (Wildman–Crippen MR) is 98.4 cm³/mol. The van der Waals surface area contributed by atoms with E-state index in [4.69, 9.17) is 4.74 Å². The van der Waals surface area contributed by atoms with Gasteiger partial charge in [0.2, 0.25) is 5.91 Å². The summed E-state index contributed by atoms with van der Waals surface area (Å²) in [4.78, 5) is 18.9. The summed E-state index contributed by atoms with van der Waals surface area (Å²) < 4.78 is 5.52. The van der Waals surface area contributed by atoms with Crippen LogP contribution in [0.2, 0.25) is 0 Å². The largest absolute Gasteiger partial charge is 0.389 e. The normalized spacial score (nSPS) is 19.8. The third-order valence-corrected chi connectivity index (χ3v) is 5.56. The molecule has 0 atom stereocenters. The number of β-amino-alcohol motifs (C(OH)–C–C–N with tert-alkyl or cyclic N) is 1. The molecule has 2 aliphatic heterocycles. The van der Waals surface area contributed by atoms with Crippen LogP contribution < -0.4 is 0 Å². The molecule has 0 spiro atoms. The van der Waals surface area contributed by atoms with Gasteiger partial charge >= 0.3 is 0 Å². The van der Waals surface area contributed by atoms with Gasteiger partial charge in [0.1, 0.15) is 0 Å². The molecule has 5 heteroatoms. The molecule has 1 aromatic carbocycles. The van der Waals surface area contributed by atoms with Crippen LogP contribution in [-0.4, -0.2) is 53.3 Å². The fourth-order valence-corrected chi connectivity index (χ4v) is 3.94. The van der Waals surface area contributed by atoms with Crippen molar-refractivity contribution >= 4 is 5.91 Å². The maximum Gasteiger partial charge on any atom is 0.229 e. The highest BCUT2D eigenvalue weighted by Gasteiger charge is 2.45. The number of ether oxygens (including phenoxy) is 1. The van der Waals surface area contributed by atoms with Gasteiger partial charge in [-0.05, 0) is 48.1 Å². The number of pyridine rings is 1. The lowest BCUT2D eigenvalue weighted by Crippen LogP contribution is -2.59. The third-order valence-electron chi connectivity index (χ3n) is 5.56. The summed E-state index contributed by atoms with van der Waals surface area (Å²) in [7, 11) is 0. The number of aliphatic hydroxyl groups excluding tert-OH is 1. The third kappa shape index (κ3) is 3.37. The van der Waals surface area contributed by atoms with Crippen molar-refractivity contribution in [2.45, 2.75) is 25.4 Å². The summed E-state index contributed by atoms with van der Waals surface area (Å²) in [6.07, 6.45) is 5.42. The van der Waals surface area contributed by atoms with E-state index in [-0.39, 0.29) is 12.0 Å². The van der Waals surface area contributed by atoms with Gasteiger partial charge in [0.05, 0.1) is 11.5 Å². The minimum Gasteiger partial charge on any atom is -0.389 e. The molecule has 0 bridgehead atoms. The second-order valence-corrected chi connectivity index (χ2v) is 7.37. The van der Waals surface area contributed by atoms with E-state index in [0.717, 1.165) is 30.4 Å². The fraction of sp³-hybridized carbons (Fsp3) is 0.429. The van der Waals surface area contributed by atoms with Gasteiger partial charge in [0, 0.05) is 38.7 Å². The molecular weight excluding hydrogens is 328 g/mol. The lowest BCUT2D eigenvalue weighted by Gasteiger charge is -2.45. The van der Waals surface area contributed by atoms with Gasteiger partial charge in [0.25, 0.3) is 0 Å². The quantitative estimate of drug-likeness (QED) is 0.917. The standard InChI is InChI=1S/C21H24N2O3/c24-19-14-23(15-19)20(25)21(7-11-26-12-8-21)13-16-1-3-17(4-2-16)18-5-9-22-10-6-18/h1-6,9-10,19,24H,7-8,11-15H2. The van der Waals surface area contributed by atoms with Crippen LogP contribution >= 0.6 is 0 Å². The van der Waals surface area contributed by atoms with E-state index in [1.54, 1.807) is 17.3 Å². The van der Waals surface area contributed by atoms with E-state index in [9.17, 15) is 9.90 Å². The molecular formula is C21H24N2O3. The summed E-state index contributed by atoms with van der Waals surface area (Å²) in [6, 6.07) is 12.4. The van der Waals surface area contributed by atoms with Crippen molar-refractivity contribution in [3.8, 4) is 11.1 Å². The molecule has 26 heavy (non-hydrogen) atoms. The van der Waals surface area contributed by atoms with E-state index in [1.807, 2.05) is 12.1 Å². The molecule has 2 saturated heterocycles. The number of amides is 1. The Hall–Kier alpha value is -2.24. The van der Waals surface area contributed by atoms with Crippen molar-refractivity contribution in [2.75, 3.05) is 26.3 Å². The number of hydrogen-bond donors (Lipinski definition) is 1. The Labute approximate surface area is 153 Å². The highest BCUT2D eigenvalue weighted by molar-refractivity contribution is 5.84. The SMILES string of the molecule is O=C(N1CC(O)C1)C1(Cc2ccc(-c3ccncc3)cc2)CCOCC1. The smallest absolute Gasteiger partial charge is 0.229 e. The first kappa shape index (κ1) is 17.2. The molecule has 2 fully saturated rings. The van der Waals surface area contributed by atoms with E-state index < -0.39 is 5.41 Å². The molecule has 1 aromatic heterocycles. The fourth-order valence-electron chi connectivity index (χ4n) is 3.94. The maximum atomic E-state index is 13.1. The summed E-state index contributed by atoms with van der Waals surface area (Å²) >= 11 is 0. The lowest BCUT2D eigenvalue weighted by molar-refractivity contribution is -0.158. The zero-order valence-electron chi connectivity index (χ0n) is 14.8. The topological polar surface area (TPSA) is 62.7 Å². The molecule has 2 aromatic rings. The molecule has 4 rings (SSSR count). The van der Waals surface area contributed by atoms with Crippen LogP contribution in [-0.2, 0) is 16.0 Å². The first-order chi connectivity index (χ1) is 12.7. The number of carbonyl (C=O) groups is 1. The van der Waals surface area contributed by atoms with E-state index in [0.29, 0.717) is 26.3 Å². The first-order valence-electron chi connectivity index (χ1n) is 9.21. The van der Waals surface area contributed by atoms with Crippen LogP contribution in [0.25, 0.3) is 11.1 Å². The number of carbonyl (C=O) groups excluding carboxylic acids is 1. The number of hydrogen-bond acceptors (Lipinski definition) is 4. The highest BCUT2D eigenvalue weighted by atomic mass is 16.5. The molecule has 0 saturated carbocycles. The number of rotatable bonds is 4. The van der Waals surface area contributed by atoms with Crippen molar-refractivity contribution < 1.29 is 14.6 Å². The van der Waals surface area contributed by atoms with Gasteiger partial charge in [-0.3, -0.25) is 9.78 Å². The molecule has 2 aliphatic rings. The van der Waals surface area contributed by atoms with Crippen LogP contribution in [0.3, 0.4) is 0 Å². The lowest BCUT2D eigenvalue weighted by atomic mass is 9.73. The van der Waals surface area contributed by atoms with Crippen LogP contribution in [0, 0.1) is 5.41 Å². The van der Waals surface area contributed by atoms with Gasteiger partial charge < -0.3 is 14.7 Å². The van der Waals surface area contributed by atoms with Crippen molar-refractivity contribution in [1.82, 2.24) is 9.88 Å². The van der Waals surface area contributed by atoms with Gasteiger partial charge in [-0.25, -0.2) is 0 Å². The Kier molecular flexibility index (Phi) is 4.74. The minimum absolute atomic E-state index is 0.171.